The average Bonchev–Trinajstić information content (AvgIpc) is 2.81. The molecule has 0 radical (unpaired) electrons. The van der Waals surface area contributed by atoms with Gasteiger partial charge in [-0.25, -0.2) is 10.2 Å². The van der Waals surface area contributed by atoms with Gasteiger partial charge in [0.05, 0.1) is 18.4 Å². The number of carbonyl (C=O) groups excluding carboxylic acids is 2. The van der Waals surface area contributed by atoms with Crippen LogP contribution in [-0.2, 0) is 5.41 Å². The maximum Gasteiger partial charge on any atom is 0.343 e. The Labute approximate surface area is 194 Å². The van der Waals surface area contributed by atoms with Crippen molar-refractivity contribution in [3.05, 3.63) is 95.1 Å². The largest absolute Gasteiger partial charge is 0.490 e. The van der Waals surface area contributed by atoms with E-state index in [1.807, 2.05) is 25.1 Å². The number of nitrogens with zero attached hydrogens (tertiary/aromatic N) is 1. The van der Waals surface area contributed by atoms with Crippen LogP contribution in [0, 0.1) is 0 Å². The normalized spacial score (nSPS) is 11.3. The molecule has 0 aromatic heterocycles. The molecule has 0 atom stereocenters. The molecule has 0 aliphatic rings. The van der Waals surface area contributed by atoms with Gasteiger partial charge in [0.1, 0.15) is 0 Å². The van der Waals surface area contributed by atoms with E-state index in [9.17, 15) is 9.59 Å². The van der Waals surface area contributed by atoms with E-state index in [2.05, 4.69) is 31.3 Å². The lowest BCUT2D eigenvalue weighted by Gasteiger charge is -2.18. The van der Waals surface area contributed by atoms with Gasteiger partial charge in [0.15, 0.2) is 11.5 Å². The molecule has 0 saturated carbocycles. The number of hydrogen-bond acceptors (Lipinski definition) is 5. The number of hydrogen-bond donors (Lipinski definition) is 1. The van der Waals surface area contributed by atoms with Crippen LogP contribution < -0.4 is 14.9 Å². The van der Waals surface area contributed by atoms with Gasteiger partial charge < -0.3 is 9.47 Å². The summed E-state index contributed by atoms with van der Waals surface area (Å²) in [6, 6.07) is 21.3. The summed E-state index contributed by atoms with van der Waals surface area (Å²) < 4.78 is 11.1. The second-order valence-corrected chi connectivity index (χ2v) is 8.42. The van der Waals surface area contributed by atoms with E-state index in [0.29, 0.717) is 34.8 Å². The summed E-state index contributed by atoms with van der Waals surface area (Å²) in [6.45, 7) is 8.61. The number of ether oxygens (including phenoxy) is 2. The van der Waals surface area contributed by atoms with Crippen molar-refractivity contribution in [1.29, 1.82) is 0 Å². The first kappa shape index (κ1) is 23.7. The number of carbonyl (C=O) groups is 2. The van der Waals surface area contributed by atoms with Crippen molar-refractivity contribution >= 4 is 18.1 Å². The topological polar surface area (TPSA) is 77.0 Å². The van der Waals surface area contributed by atoms with Crippen molar-refractivity contribution in [2.45, 2.75) is 33.1 Å². The van der Waals surface area contributed by atoms with E-state index in [-0.39, 0.29) is 11.3 Å². The molecule has 3 aromatic carbocycles. The summed E-state index contributed by atoms with van der Waals surface area (Å²) in [6.07, 6.45) is 1.51. The van der Waals surface area contributed by atoms with Gasteiger partial charge >= 0.3 is 5.97 Å². The summed E-state index contributed by atoms with van der Waals surface area (Å²) in [5.74, 6) is -0.0477. The zero-order valence-corrected chi connectivity index (χ0v) is 19.3. The highest BCUT2D eigenvalue weighted by Crippen LogP contribution is 2.29. The summed E-state index contributed by atoms with van der Waals surface area (Å²) in [5, 5.41) is 4.04. The third kappa shape index (κ3) is 6.53. The number of hydrazone groups is 1. The zero-order valence-electron chi connectivity index (χ0n) is 19.3. The molecule has 0 aliphatic heterocycles. The van der Waals surface area contributed by atoms with Gasteiger partial charge in [0, 0.05) is 5.56 Å². The van der Waals surface area contributed by atoms with Crippen LogP contribution in [0.4, 0.5) is 0 Å². The predicted molar refractivity (Wildman–Crippen MR) is 129 cm³/mol. The molecular formula is C27H28N2O4. The predicted octanol–water partition coefficient (Wildman–Crippen LogP) is 5.37. The van der Waals surface area contributed by atoms with Crippen LogP contribution in [0.25, 0.3) is 0 Å². The molecule has 3 rings (SSSR count). The number of rotatable bonds is 7. The maximum atomic E-state index is 12.4. The molecule has 1 amide bonds. The smallest absolute Gasteiger partial charge is 0.343 e. The van der Waals surface area contributed by atoms with E-state index in [0.717, 1.165) is 5.56 Å². The van der Waals surface area contributed by atoms with Gasteiger partial charge in [-0.3, -0.25) is 4.79 Å². The lowest BCUT2D eigenvalue weighted by molar-refractivity contribution is 0.0728. The molecule has 6 nitrogen and oxygen atoms in total. The van der Waals surface area contributed by atoms with E-state index < -0.39 is 5.97 Å². The number of amides is 1. The van der Waals surface area contributed by atoms with Crippen molar-refractivity contribution in [1.82, 2.24) is 5.43 Å². The Morgan fingerprint density at radius 3 is 2.24 bits per heavy atom. The Morgan fingerprint density at radius 2 is 1.61 bits per heavy atom. The van der Waals surface area contributed by atoms with Crippen molar-refractivity contribution in [2.24, 2.45) is 5.10 Å². The van der Waals surface area contributed by atoms with Crippen LogP contribution in [0.5, 0.6) is 11.5 Å². The van der Waals surface area contributed by atoms with Crippen LogP contribution in [0.2, 0.25) is 0 Å². The van der Waals surface area contributed by atoms with E-state index >= 15 is 0 Å². The minimum Gasteiger partial charge on any atom is -0.490 e. The number of esters is 1. The highest BCUT2D eigenvalue weighted by atomic mass is 16.6. The SMILES string of the molecule is CCOc1cc(/C=N/NC(=O)c2ccc(C(C)(C)C)cc2)ccc1OC(=O)c1ccccc1. The highest BCUT2D eigenvalue weighted by Gasteiger charge is 2.15. The molecule has 170 valence electrons. The fourth-order valence-corrected chi connectivity index (χ4v) is 3.04. The highest BCUT2D eigenvalue weighted by molar-refractivity contribution is 5.95. The first-order chi connectivity index (χ1) is 15.8. The standard InChI is InChI=1S/C27H28N2O4/c1-5-32-24-17-19(11-16-23(24)33-26(31)21-9-7-6-8-10-21)18-28-29-25(30)20-12-14-22(15-13-20)27(2,3)4/h6-18H,5H2,1-4H3,(H,29,30)/b28-18+. The average molecular weight is 445 g/mol. The molecule has 0 spiro atoms. The molecule has 3 aromatic rings. The number of benzene rings is 3. The third-order valence-electron chi connectivity index (χ3n) is 4.87. The lowest BCUT2D eigenvalue weighted by Crippen LogP contribution is -2.18. The second-order valence-electron chi connectivity index (χ2n) is 8.42. The molecule has 0 aliphatic carbocycles. The summed E-state index contributed by atoms with van der Waals surface area (Å²) >= 11 is 0. The Kier molecular flexibility index (Phi) is 7.61. The maximum absolute atomic E-state index is 12.4. The van der Waals surface area contributed by atoms with Crippen molar-refractivity contribution in [3.8, 4) is 11.5 Å². The van der Waals surface area contributed by atoms with Crippen LogP contribution in [0.1, 0.15) is 59.5 Å². The summed E-state index contributed by atoms with van der Waals surface area (Å²) in [4.78, 5) is 24.7. The second kappa shape index (κ2) is 10.6. The monoisotopic (exact) mass is 444 g/mol. The van der Waals surface area contributed by atoms with Crippen LogP contribution in [0.3, 0.4) is 0 Å². The van der Waals surface area contributed by atoms with Crippen LogP contribution >= 0.6 is 0 Å². The first-order valence-electron chi connectivity index (χ1n) is 10.8. The summed E-state index contributed by atoms with van der Waals surface area (Å²) in [5.41, 5.74) is 5.36. The minimum absolute atomic E-state index is 0.0208. The van der Waals surface area contributed by atoms with Crippen LogP contribution in [-0.4, -0.2) is 24.7 Å². The minimum atomic E-state index is -0.470. The third-order valence-corrected chi connectivity index (χ3v) is 4.87. The lowest BCUT2D eigenvalue weighted by atomic mass is 9.87. The Balaban J connectivity index is 1.67. The summed E-state index contributed by atoms with van der Waals surface area (Å²) in [7, 11) is 0. The van der Waals surface area contributed by atoms with Crippen molar-refractivity contribution < 1.29 is 19.1 Å². The quantitative estimate of drug-likeness (QED) is 0.230. The molecule has 0 bridgehead atoms. The molecule has 0 fully saturated rings. The van der Waals surface area contributed by atoms with Crippen LogP contribution in [0.15, 0.2) is 77.9 Å². The van der Waals surface area contributed by atoms with E-state index in [1.54, 1.807) is 54.6 Å². The van der Waals surface area contributed by atoms with Crippen molar-refractivity contribution in [3.63, 3.8) is 0 Å². The van der Waals surface area contributed by atoms with Gasteiger partial charge in [0.2, 0.25) is 0 Å². The van der Waals surface area contributed by atoms with Crippen molar-refractivity contribution in [2.75, 3.05) is 6.61 Å². The molecule has 0 heterocycles. The fraction of sp³-hybridized carbons (Fsp3) is 0.222. The fourth-order valence-electron chi connectivity index (χ4n) is 3.04. The molecule has 0 saturated heterocycles. The molecule has 1 N–H and O–H groups in total. The van der Waals surface area contributed by atoms with Gasteiger partial charge in [-0.2, -0.15) is 5.10 Å². The molecule has 33 heavy (non-hydrogen) atoms. The van der Waals surface area contributed by atoms with Gasteiger partial charge in [-0.15, -0.1) is 0 Å². The van der Waals surface area contributed by atoms with Gasteiger partial charge in [-0.1, -0.05) is 51.1 Å². The van der Waals surface area contributed by atoms with Gasteiger partial charge in [0.25, 0.3) is 5.91 Å². The Bertz CT molecular complexity index is 1130. The van der Waals surface area contributed by atoms with E-state index in [1.165, 1.54) is 6.21 Å². The first-order valence-corrected chi connectivity index (χ1v) is 10.8. The number of nitrogens with one attached hydrogen (secondary N) is 1. The molecular weight excluding hydrogens is 416 g/mol. The zero-order chi connectivity index (χ0) is 23.8. The molecule has 6 heteroatoms. The van der Waals surface area contributed by atoms with E-state index in [4.69, 9.17) is 9.47 Å². The molecule has 0 unspecified atom stereocenters. The Hall–Kier alpha value is -3.93. The van der Waals surface area contributed by atoms with Gasteiger partial charge in [-0.05, 0) is 65.9 Å². The Morgan fingerprint density at radius 1 is 0.909 bits per heavy atom.